The number of hydrogen-bond donors (Lipinski definition) is 0. The minimum Gasteiger partial charge on any atom is -0.456 e. The van der Waals surface area contributed by atoms with E-state index < -0.39 is 0 Å². The van der Waals surface area contributed by atoms with Crippen LogP contribution in [0.1, 0.15) is 24.5 Å². The predicted octanol–water partition coefficient (Wildman–Crippen LogP) is 4.24. The van der Waals surface area contributed by atoms with Gasteiger partial charge in [-0.25, -0.2) is 4.79 Å². The molecule has 0 fully saturated rings. The molecular weight excluding hydrogens is 288 g/mol. The van der Waals surface area contributed by atoms with Crippen LogP contribution < -0.4 is 0 Å². The lowest BCUT2D eigenvalue weighted by Crippen LogP contribution is -2.19. The third-order valence-electron chi connectivity index (χ3n) is 3.32. The van der Waals surface area contributed by atoms with Gasteiger partial charge < -0.3 is 9.47 Å². The standard InChI is InChI=1S/C20H22O3/c1-2-19(14-13-17-9-5-3-6-10-17)23-20(21)16-22-15-18-11-7-4-8-12-18/h3-14,19H,2,15-16H2,1H3/b14-13+/t19-/m0/s1. The maximum Gasteiger partial charge on any atom is 0.332 e. The normalized spacial score (nSPS) is 12.2. The number of benzene rings is 2. The van der Waals surface area contributed by atoms with Crippen LogP contribution in [0.4, 0.5) is 0 Å². The summed E-state index contributed by atoms with van der Waals surface area (Å²) in [6.45, 7) is 2.36. The lowest BCUT2D eigenvalue weighted by molar-refractivity contribution is -0.152. The van der Waals surface area contributed by atoms with Gasteiger partial charge in [0, 0.05) is 0 Å². The summed E-state index contributed by atoms with van der Waals surface area (Å²) in [7, 11) is 0. The first-order valence-corrected chi connectivity index (χ1v) is 7.82. The number of hydrogen-bond acceptors (Lipinski definition) is 3. The Morgan fingerprint density at radius 1 is 1.04 bits per heavy atom. The summed E-state index contributed by atoms with van der Waals surface area (Å²) in [4.78, 5) is 11.8. The molecule has 0 aromatic heterocycles. The van der Waals surface area contributed by atoms with E-state index in [9.17, 15) is 4.79 Å². The van der Waals surface area contributed by atoms with Crippen molar-refractivity contribution < 1.29 is 14.3 Å². The van der Waals surface area contributed by atoms with Gasteiger partial charge in [0.1, 0.15) is 12.7 Å². The fourth-order valence-electron chi connectivity index (χ4n) is 2.07. The molecule has 0 aliphatic rings. The van der Waals surface area contributed by atoms with Gasteiger partial charge in [-0.1, -0.05) is 73.7 Å². The summed E-state index contributed by atoms with van der Waals surface area (Å²) < 4.78 is 10.8. The second kappa shape index (κ2) is 9.59. The largest absolute Gasteiger partial charge is 0.456 e. The van der Waals surface area contributed by atoms with Crippen molar-refractivity contribution in [2.45, 2.75) is 26.1 Å². The molecule has 3 nitrogen and oxygen atoms in total. The van der Waals surface area contributed by atoms with Crippen LogP contribution in [0, 0.1) is 0 Å². The molecule has 0 aliphatic carbocycles. The van der Waals surface area contributed by atoms with Gasteiger partial charge in [0.15, 0.2) is 0 Å². The summed E-state index contributed by atoms with van der Waals surface area (Å²) in [6.07, 6.45) is 4.37. The molecule has 0 unspecified atom stereocenters. The van der Waals surface area contributed by atoms with E-state index >= 15 is 0 Å². The minimum atomic E-state index is -0.342. The van der Waals surface area contributed by atoms with Gasteiger partial charge in [-0.2, -0.15) is 0 Å². The Balaban J connectivity index is 1.75. The van der Waals surface area contributed by atoms with Gasteiger partial charge in [0.25, 0.3) is 0 Å². The van der Waals surface area contributed by atoms with Crippen LogP contribution in [0.5, 0.6) is 0 Å². The van der Waals surface area contributed by atoms with Crippen LogP contribution in [-0.2, 0) is 20.9 Å². The molecule has 120 valence electrons. The smallest absolute Gasteiger partial charge is 0.332 e. The maximum absolute atomic E-state index is 11.8. The van der Waals surface area contributed by atoms with E-state index in [1.54, 1.807) is 0 Å². The lowest BCUT2D eigenvalue weighted by atomic mass is 10.1. The predicted molar refractivity (Wildman–Crippen MR) is 91.7 cm³/mol. The number of ether oxygens (including phenoxy) is 2. The second-order valence-corrected chi connectivity index (χ2v) is 5.18. The monoisotopic (exact) mass is 310 g/mol. The zero-order valence-electron chi connectivity index (χ0n) is 13.4. The molecule has 0 amide bonds. The first-order chi connectivity index (χ1) is 11.3. The van der Waals surface area contributed by atoms with Gasteiger partial charge in [0.2, 0.25) is 0 Å². The highest BCUT2D eigenvalue weighted by molar-refractivity contribution is 5.71. The highest BCUT2D eigenvalue weighted by atomic mass is 16.6. The van der Waals surface area contributed by atoms with Crippen molar-refractivity contribution in [2.75, 3.05) is 6.61 Å². The summed E-state index contributed by atoms with van der Waals surface area (Å²) in [5.74, 6) is -0.342. The fourth-order valence-corrected chi connectivity index (χ4v) is 2.07. The second-order valence-electron chi connectivity index (χ2n) is 5.18. The van der Waals surface area contributed by atoms with E-state index in [1.165, 1.54) is 0 Å². The topological polar surface area (TPSA) is 35.5 Å². The SMILES string of the molecule is CC[C@@H](/C=C/c1ccccc1)OC(=O)COCc1ccccc1. The number of carbonyl (C=O) groups is 1. The van der Waals surface area contributed by atoms with E-state index in [4.69, 9.17) is 9.47 Å². The molecule has 0 heterocycles. The third-order valence-corrected chi connectivity index (χ3v) is 3.32. The number of esters is 1. The summed E-state index contributed by atoms with van der Waals surface area (Å²) in [5, 5.41) is 0. The van der Waals surface area contributed by atoms with E-state index in [2.05, 4.69) is 0 Å². The molecule has 0 saturated heterocycles. The molecular formula is C20H22O3. The molecule has 1 atom stereocenters. The Bertz CT molecular complexity index is 605. The van der Waals surface area contributed by atoms with Crippen LogP contribution >= 0.6 is 0 Å². The molecule has 0 saturated carbocycles. The number of carbonyl (C=O) groups excluding carboxylic acids is 1. The zero-order valence-corrected chi connectivity index (χ0v) is 13.4. The van der Waals surface area contributed by atoms with Gasteiger partial charge in [-0.3, -0.25) is 0 Å². The summed E-state index contributed by atoms with van der Waals surface area (Å²) >= 11 is 0. The molecule has 2 aromatic carbocycles. The summed E-state index contributed by atoms with van der Waals surface area (Å²) in [5.41, 5.74) is 2.12. The third kappa shape index (κ3) is 6.49. The van der Waals surface area contributed by atoms with E-state index in [0.717, 1.165) is 17.5 Å². The molecule has 0 aliphatic heterocycles. The molecule has 2 aromatic rings. The van der Waals surface area contributed by atoms with Crippen molar-refractivity contribution in [3.05, 3.63) is 77.9 Å². The zero-order chi connectivity index (χ0) is 16.3. The molecule has 23 heavy (non-hydrogen) atoms. The van der Waals surface area contributed by atoms with E-state index in [1.807, 2.05) is 79.7 Å². The Morgan fingerprint density at radius 3 is 2.35 bits per heavy atom. The highest BCUT2D eigenvalue weighted by Gasteiger charge is 2.09. The van der Waals surface area contributed by atoms with Gasteiger partial charge in [-0.15, -0.1) is 0 Å². The van der Waals surface area contributed by atoms with Crippen LogP contribution in [0.2, 0.25) is 0 Å². The van der Waals surface area contributed by atoms with Crippen LogP contribution in [0.25, 0.3) is 6.08 Å². The molecule has 2 rings (SSSR count). The lowest BCUT2D eigenvalue weighted by Gasteiger charge is -2.12. The molecule has 0 bridgehead atoms. The fraction of sp³-hybridized carbons (Fsp3) is 0.250. The van der Waals surface area contributed by atoms with Crippen molar-refractivity contribution in [3.63, 3.8) is 0 Å². The first kappa shape index (κ1) is 17.0. The average molecular weight is 310 g/mol. The van der Waals surface area contributed by atoms with Crippen LogP contribution in [0.3, 0.4) is 0 Å². The Kier molecular flexibility index (Phi) is 7.08. The Labute approximate surface area is 137 Å². The van der Waals surface area contributed by atoms with Gasteiger partial charge >= 0.3 is 5.97 Å². The maximum atomic E-state index is 11.8. The number of rotatable bonds is 8. The van der Waals surface area contributed by atoms with Crippen molar-refractivity contribution in [2.24, 2.45) is 0 Å². The van der Waals surface area contributed by atoms with E-state index in [0.29, 0.717) is 6.61 Å². The summed E-state index contributed by atoms with van der Waals surface area (Å²) in [6, 6.07) is 19.7. The molecule has 0 N–H and O–H groups in total. The minimum absolute atomic E-state index is 0.0371. The Hall–Kier alpha value is -2.39. The van der Waals surface area contributed by atoms with Crippen LogP contribution in [0.15, 0.2) is 66.7 Å². The quantitative estimate of drug-likeness (QED) is 0.684. The molecule has 0 spiro atoms. The highest BCUT2D eigenvalue weighted by Crippen LogP contribution is 2.07. The molecule has 3 heteroatoms. The Morgan fingerprint density at radius 2 is 1.70 bits per heavy atom. The van der Waals surface area contributed by atoms with Gasteiger partial charge in [-0.05, 0) is 23.6 Å². The first-order valence-electron chi connectivity index (χ1n) is 7.82. The van der Waals surface area contributed by atoms with E-state index in [-0.39, 0.29) is 18.7 Å². The average Bonchev–Trinajstić information content (AvgIpc) is 2.60. The van der Waals surface area contributed by atoms with Crippen molar-refractivity contribution in [3.8, 4) is 0 Å². The molecule has 0 radical (unpaired) electrons. The van der Waals surface area contributed by atoms with Crippen molar-refractivity contribution in [1.82, 2.24) is 0 Å². The van der Waals surface area contributed by atoms with Crippen molar-refractivity contribution >= 4 is 12.0 Å². The van der Waals surface area contributed by atoms with Crippen LogP contribution in [-0.4, -0.2) is 18.7 Å². The van der Waals surface area contributed by atoms with Gasteiger partial charge in [0.05, 0.1) is 6.61 Å². The van der Waals surface area contributed by atoms with Crippen molar-refractivity contribution in [1.29, 1.82) is 0 Å².